The predicted molar refractivity (Wildman–Crippen MR) is 67.3 cm³/mol. The van der Waals surface area contributed by atoms with Gasteiger partial charge in [-0.15, -0.1) is 11.3 Å². The highest BCUT2D eigenvalue weighted by atomic mass is 32.1. The van der Waals surface area contributed by atoms with Gasteiger partial charge in [-0.3, -0.25) is 0 Å². The molecular weight excluding hydrogens is 202 g/mol. The molecule has 0 radical (unpaired) electrons. The van der Waals surface area contributed by atoms with E-state index in [0.29, 0.717) is 6.04 Å². The standard InChI is InChI=1S/C13H21NS/c1-2-12(13-8-5-9-15-13)14-10-11-6-3-4-7-11/h5,8-9,11-12,14H,2-4,6-7,10H2,1H3. The molecule has 0 bridgehead atoms. The minimum atomic E-state index is 0.589. The quantitative estimate of drug-likeness (QED) is 0.796. The summed E-state index contributed by atoms with van der Waals surface area (Å²) in [5.41, 5.74) is 0. The van der Waals surface area contributed by atoms with E-state index < -0.39 is 0 Å². The minimum Gasteiger partial charge on any atom is -0.309 e. The highest BCUT2D eigenvalue weighted by Crippen LogP contribution is 2.26. The van der Waals surface area contributed by atoms with E-state index in [1.807, 2.05) is 11.3 Å². The normalized spacial score (nSPS) is 19.5. The Balaban J connectivity index is 1.80. The van der Waals surface area contributed by atoms with Gasteiger partial charge in [0.25, 0.3) is 0 Å². The van der Waals surface area contributed by atoms with Gasteiger partial charge in [0.1, 0.15) is 0 Å². The molecule has 1 aromatic rings. The third kappa shape index (κ3) is 3.05. The molecule has 1 saturated carbocycles. The first-order chi connectivity index (χ1) is 7.40. The minimum absolute atomic E-state index is 0.589. The van der Waals surface area contributed by atoms with Gasteiger partial charge in [0.15, 0.2) is 0 Å². The maximum absolute atomic E-state index is 3.72. The molecule has 1 heterocycles. The summed E-state index contributed by atoms with van der Waals surface area (Å²) in [6.45, 7) is 3.49. The topological polar surface area (TPSA) is 12.0 Å². The molecule has 1 aliphatic rings. The molecule has 0 aliphatic heterocycles. The van der Waals surface area contributed by atoms with Crippen LogP contribution >= 0.6 is 11.3 Å². The van der Waals surface area contributed by atoms with Crippen LogP contribution < -0.4 is 5.32 Å². The Morgan fingerprint density at radius 1 is 1.47 bits per heavy atom. The second-order valence-corrected chi connectivity index (χ2v) is 5.51. The lowest BCUT2D eigenvalue weighted by molar-refractivity contribution is 0.434. The van der Waals surface area contributed by atoms with Crippen LogP contribution in [0.4, 0.5) is 0 Å². The lowest BCUT2D eigenvalue weighted by Gasteiger charge is -2.18. The molecule has 2 rings (SSSR count). The Morgan fingerprint density at radius 2 is 2.27 bits per heavy atom. The molecule has 1 fully saturated rings. The molecule has 1 N–H and O–H groups in total. The van der Waals surface area contributed by atoms with Gasteiger partial charge in [-0.1, -0.05) is 25.8 Å². The molecule has 1 atom stereocenters. The van der Waals surface area contributed by atoms with Gasteiger partial charge in [-0.05, 0) is 43.2 Å². The zero-order valence-corrected chi connectivity index (χ0v) is 10.4. The molecule has 1 aliphatic carbocycles. The van der Waals surface area contributed by atoms with Crippen LogP contribution in [0.25, 0.3) is 0 Å². The Kier molecular flexibility index (Phi) is 4.21. The third-order valence-corrected chi connectivity index (χ3v) is 4.41. The largest absolute Gasteiger partial charge is 0.309 e. The Morgan fingerprint density at radius 3 is 2.87 bits per heavy atom. The maximum atomic E-state index is 3.72. The van der Waals surface area contributed by atoms with E-state index in [4.69, 9.17) is 0 Å². The smallest absolute Gasteiger partial charge is 0.0412 e. The first-order valence-corrected chi connectivity index (χ1v) is 7.05. The second kappa shape index (κ2) is 5.66. The highest BCUT2D eigenvalue weighted by molar-refractivity contribution is 7.10. The SMILES string of the molecule is CCC(NCC1CCCC1)c1cccs1. The second-order valence-electron chi connectivity index (χ2n) is 4.53. The van der Waals surface area contributed by atoms with Crippen molar-refractivity contribution in [3.8, 4) is 0 Å². The first-order valence-electron chi connectivity index (χ1n) is 6.17. The van der Waals surface area contributed by atoms with Gasteiger partial charge in [-0.2, -0.15) is 0 Å². The summed E-state index contributed by atoms with van der Waals surface area (Å²) >= 11 is 1.88. The zero-order chi connectivity index (χ0) is 10.5. The van der Waals surface area contributed by atoms with E-state index >= 15 is 0 Å². The first kappa shape index (κ1) is 11.2. The third-order valence-electron chi connectivity index (χ3n) is 3.42. The van der Waals surface area contributed by atoms with Crippen LogP contribution in [-0.4, -0.2) is 6.54 Å². The summed E-state index contributed by atoms with van der Waals surface area (Å²) in [5, 5.41) is 5.90. The fraction of sp³-hybridized carbons (Fsp3) is 0.692. The molecule has 1 aromatic heterocycles. The van der Waals surface area contributed by atoms with E-state index in [0.717, 1.165) is 5.92 Å². The van der Waals surface area contributed by atoms with Crippen LogP contribution in [0.5, 0.6) is 0 Å². The molecule has 1 nitrogen and oxygen atoms in total. The highest BCUT2D eigenvalue weighted by Gasteiger charge is 2.17. The van der Waals surface area contributed by atoms with Crippen molar-refractivity contribution in [2.45, 2.75) is 45.1 Å². The van der Waals surface area contributed by atoms with Crippen molar-refractivity contribution in [2.24, 2.45) is 5.92 Å². The van der Waals surface area contributed by atoms with Crippen LogP contribution in [0.2, 0.25) is 0 Å². The lowest BCUT2D eigenvalue weighted by Crippen LogP contribution is -2.25. The van der Waals surface area contributed by atoms with Crippen molar-refractivity contribution >= 4 is 11.3 Å². The number of thiophene rings is 1. The Labute approximate surface area is 96.9 Å². The summed E-state index contributed by atoms with van der Waals surface area (Å²) < 4.78 is 0. The van der Waals surface area contributed by atoms with Crippen molar-refractivity contribution in [3.05, 3.63) is 22.4 Å². The van der Waals surface area contributed by atoms with Gasteiger partial charge in [0.05, 0.1) is 0 Å². The zero-order valence-electron chi connectivity index (χ0n) is 9.54. The van der Waals surface area contributed by atoms with E-state index in [9.17, 15) is 0 Å². The molecule has 0 saturated heterocycles. The van der Waals surface area contributed by atoms with Gasteiger partial charge < -0.3 is 5.32 Å². The van der Waals surface area contributed by atoms with Crippen LogP contribution in [-0.2, 0) is 0 Å². The van der Waals surface area contributed by atoms with Gasteiger partial charge in [-0.25, -0.2) is 0 Å². The summed E-state index contributed by atoms with van der Waals surface area (Å²) in [6, 6.07) is 4.99. The molecular formula is C13H21NS. The van der Waals surface area contributed by atoms with Crippen molar-refractivity contribution in [1.82, 2.24) is 5.32 Å². The number of nitrogens with one attached hydrogen (secondary N) is 1. The number of hydrogen-bond acceptors (Lipinski definition) is 2. The van der Waals surface area contributed by atoms with E-state index in [-0.39, 0.29) is 0 Å². The molecule has 15 heavy (non-hydrogen) atoms. The van der Waals surface area contributed by atoms with Crippen LogP contribution in [0.3, 0.4) is 0 Å². The molecule has 2 heteroatoms. The Bertz CT molecular complexity index is 262. The van der Waals surface area contributed by atoms with Gasteiger partial charge in [0, 0.05) is 10.9 Å². The average Bonchev–Trinajstić information content (AvgIpc) is 2.90. The van der Waals surface area contributed by atoms with Crippen LogP contribution in [0.15, 0.2) is 17.5 Å². The van der Waals surface area contributed by atoms with E-state index in [2.05, 4.69) is 29.8 Å². The average molecular weight is 223 g/mol. The van der Waals surface area contributed by atoms with E-state index in [1.54, 1.807) is 0 Å². The fourth-order valence-corrected chi connectivity index (χ4v) is 3.34. The number of hydrogen-bond donors (Lipinski definition) is 1. The van der Waals surface area contributed by atoms with E-state index in [1.165, 1.54) is 43.5 Å². The van der Waals surface area contributed by atoms with Crippen molar-refractivity contribution < 1.29 is 0 Å². The molecule has 0 aromatic carbocycles. The van der Waals surface area contributed by atoms with Crippen LogP contribution in [0.1, 0.15) is 49.9 Å². The monoisotopic (exact) mass is 223 g/mol. The van der Waals surface area contributed by atoms with Gasteiger partial charge in [0.2, 0.25) is 0 Å². The van der Waals surface area contributed by atoms with Gasteiger partial charge >= 0.3 is 0 Å². The molecule has 1 unspecified atom stereocenters. The van der Waals surface area contributed by atoms with Crippen molar-refractivity contribution in [3.63, 3.8) is 0 Å². The molecule has 84 valence electrons. The Hall–Kier alpha value is -0.340. The lowest BCUT2D eigenvalue weighted by atomic mass is 10.1. The summed E-state index contributed by atoms with van der Waals surface area (Å²) in [6.07, 6.45) is 6.97. The van der Waals surface area contributed by atoms with Crippen LogP contribution in [0, 0.1) is 5.92 Å². The summed E-state index contributed by atoms with van der Waals surface area (Å²) in [4.78, 5) is 1.50. The fourth-order valence-electron chi connectivity index (χ4n) is 2.46. The van der Waals surface area contributed by atoms with Crippen molar-refractivity contribution in [1.29, 1.82) is 0 Å². The van der Waals surface area contributed by atoms with Crippen molar-refractivity contribution in [2.75, 3.05) is 6.54 Å². The molecule has 0 amide bonds. The molecule has 0 spiro atoms. The maximum Gasteiger partial charge on any atom is 0.0412 e. The number of rotatable bonds is 5. The predicted octanol–water partition coefficient (Wildman–Crippen LogP) is 3.98. The summed E-state index contributed by atoms with van der Waals surface area (Å²) in [7, 11) is 0. The summed E-state index contributed by atoms with van der Waals surface area (Å²) in [5.74, 6) is 0.944.